The van der Waals surface area contributed by atoms with Crippen LogP contribution in [0.4, 0.5) is 5.82 Å². The molecule has 32 heavy (non-hydrogen) atoms. The summed E-state index contributed by atoms with van der Waals surface area (Å²) in [7, 11) is 0. The monoisotopic (exact) mass is 451 g/mol. The first-order valence-corrected chi connectivity index (χ1v) is 11.7. The van der Waals surface area contributed by atoms with E-state index in [9.17, 15) is 0 Å². The van der Waals surface area contributed by atoms with Crippen LogP contribution in [0.3, 0.4) is 0 Å². The van der Waals surface area contributed by atoms with Crippen molar-refractivity contribution >= 4 is 17.4 Å². The summed E-state index contributed by atoms with van der Waals surface area (Å²) in [5.74, 6) is 3.37. The van der Waals surface area contributed by atoms with Gasteiger partial charge in [-0.1, -0.05) is 11.6 Å². The highest BCUT2D eigenvalue weighted by Crippen LogP contribution is 2.35. The topological polar surface area (TPSA) is 72.2 Å². The molecule has 3 aliphatic heterocycles. The quantitative estimate of drug-likeness (QED) is 0.605. The van der Waals surface area contributed by atoms with Gasteiger partial charge in [-0.25, -0.2) is 4.98 Å². The predicted molar refractivity (Wildman–Crippen MR) is 121 cm³/mol. The summed E-state index contributed by atoms with van der Waals surface area (Å²) in [5, 5.41) is 10.2. The Labute approximate surface area is 192 Å². The Kier molecular flexibility index (Phi) is 5.29. The molecule has 2 saturated heterocycles. The van der Waals surface area contributed by atoms with Crippen molar-refractivity contribution < 1.29 is 4.74 Å². The van der Waals surface area contributed by atoms with E-state index in [1.54, 1.807) is 12.4 Å². The molecule has 0 aliphatic carbocycles. The summed E-state index contributed by atoms with van der Waals surface area (Å²) < 4.78 is 7.97. The van der Waals surface area contributed by atoms with Gasteiger partial charge in [0, 0.05) is 55.6 Å². The summed E-state index contributed by atoms with van der Waals surface area (Å²) in [4.78, 5) is 13.4. The summed E-state index contributed by atoms with van der Waals surface area (Å²) in [6.07, 6.45) is 8.38. The highest BCUT2D eigenvalue weighted by atomic mass is 35.5. The van der Waals surface area contributed by atoms with E-state index in [0.717, 1.165) is 86.8 Å². The fraction of sp³-hybridized carbons (Fsp3) is 0.478. The minimum atomic E-state index is 0.356. The molecule has 0 saturated carbocycles. The molecular weight excluding hydrogens is 426 g/mol. The third-order valence-electron chi connectivity index (χ3n) is 6.91. The number of nitrogens with zero attached hydrogens (tertiary/aromatic N) is 7. The second kappa shape index (κ2) is 8.42. The molecule has 0 N–H and O–H groups in total. The Bertz CT molecular complexity index is 1090. The smallest absolute Gasteiger partial charge is 0.151 e. The van der Waals surface area contributed by atoms with Crippen LogP contribution in [0.5, 0.6) is 0 Å². The number of hydrogen-bond acceptors (Lipinski definition) is 7. The molecule has 0 unspecified atom stereocenters. The summed E-state index contributed by atoms with van der Waals surface area (Å²) in [6, 6.07) is 6.59. The van der Waals surface area contributed by atoms with Crippen LogP contribution < -0.4 is 4.90 Å². The second-order valence-electron chi connectivity index (χ2n) is 8.83. The maximum atomic E-state index is 6.40. The van der Waals surface area contributed by atoms with Crippen LogP contribution in [0.15, 0.2) is 36.8 Å². The van der Waals surface area contributed by atoms with Crippen molar-refractivity contribution in [1.29, 1.82) is 0 Å². The summed E-state index contributed by atoms with van der Waals surface area (Å²) in [5.41, 5.74) is 2.38. The Morgan fingerprint density at radius 2 is 1.94 bits per heavy atom. The number of halogens is 1. The Balaban J connectivity index is 1.31. The van der Waals surface area contributed by atoms with Gasteiger partial charge in [0.2, 0.25) is 0 Å². The number of piperidine rings is 1. The first kappa shape index (κ1) is 20.1. The zero-order valence-corrected chi connectivity index (χ0v) is 18.7. The maximum absolute atomic E-state index is 6.40. The lowest BCUT2D eigenvalue weighted by atomic mass is 9.95. The summed E-state index contributed by atoms with van der Waals surface area (Å²) >= 11 is 6.40. The molecule has 8 nitrogen and oxygen atoms in total. The zero-order valence-electron chi connectivity index (χ0n) is 17.9. The van der Waals surface area contributed by atoms with Crippen LogP contribution in [0.2, 0.25) is 5.02 Å². The van der Waals surface area contributed by atoms with Gasteiger partial charge in [-0.3, -0.25) is 14.5 Å². The van der Waals surface area contributed by atoms with Crippen molar-refractivity contribution in [2.75, 3.05) is 31.2 Å². The first-order valence-electron chi connectivity index (χ1n) is 11.3. The molecule has 0 radical (unpaired) electrons. The number of fused-ring (bicyclic) bond motifs is 3. The molecule has 1 aromatic carbocycles. The van der Waals surface area contributed by atoms with Crippen LogP contribution in [0.25, 0.3) is 5.69 Å². The van der Waals surface area contributed by atoms with Crippen molar-refractivity contribution in [3.05, 3.63) is 59.0 Å². The van der Waals surface area contributed by atoms with Crippen molar-refractivity contribution in [3.8, 4) is 5.69 Å². The highest BCUT2D eigenvalue weighted by Gasteiger charge is 2.33. The van der Waals surface area contributed by atoms with Gasteiger partial charge in [0.25, 0.3) is 0 Å². The van der Waals surface area contributed by atoms with Gasteiger partial charge in [-0.05, 0) is 43.0 Å². The van der Waals surface area contributed by atoms with E-state index in [2.05, 4.69) is 41.6 Å². The van der Waals surface area contributed by atoms with Gasteiger partial charge in [0.15, 0.2) is 5.82 Å². The molecule has 2 fully saturated rings. The van der Waals surface area contributed by atoms with Crippen LogP contribution in [-0.4, -0.2) is 62.0 Å². The third kappa shape index (κ3) is 3.66. The molecule has 3 aliphatic rings. The molecule has 6 rings (SSSR count). The summed E-state index contributed by atoms with van der Waals surface area (Å²) in [6.45, 7) is 5.09. The fourth-order valence-corrected chi connectivity index (χ4v) is 5.40. The van der Waals surface area contributed by atoms with Crippen LogP contribution in [0.1, 0.15) is 42.4 Å². The van der Waals surface area contributed by atoms with Crippen LogP contribution in [0, 0.1) is 0 Å². The minimum absolute atomic E-state index is 0.356. The third-order valence-corrected chi connectivity index (χ3v) is 7.15. The van der Waals surface area contributed by atoms with E-state index >= 15 is 0 Å². The van der Waals surface area contributed by atoms with Gasteiger partial charge in [0.1, 0.15) is 11.6 Å². The van der Waals surface area contributed by atoms with Crippen molar-refractivity contribution in [1.82, 2.24) is 29.6 Å². The molecular formula is C23H26ClN7O. The molecule has 0 bridgehead atoms. The average Bonchev–Trinajstić information content (AvgIpc) is 3.48. The number of hydrogen-bond donors (Lipinski definition) is 0. The average molecular weight is 452 g/mol. The second-order valence-corrected chi connectivity index (χ2v) is 9.27. The number of anilines is 1. The largest absolute Gasteiger partial charge is 0.380 e. The Morgan fingerprint density at radius 1 is 1.03 bits per heavy atom. The van der Waals surface area contributed by atoms with E-state index < -0.39 is 0 Å². The first-order chi connectivity index (χ1) is 15.8. The number of aromatic nitrogens is 5. The molecule has 9 heteroatoms. The lowest BCUT2D eigenvalue weighted by Gasteiger charge is -2.32. The van der Waals surface area contributed by atoms with E-state index in [1.807, 2.05) is 12.3 Å². The van der Waals surface area contributed by atoms with Crippen molar-refractivity contribution in [2.24, 2.45) is 0 Å². The maximum Gasteiger partial charge on any atom is 0.151 e. The normalized spacial score (nSPS) is 21.9. The fourth-order valence-electron chi connectivity index (χ4n) is 5.20. The van der Waals surface area contributed by atoms with E-state index in [1.165, 1.54) is 5.56 Å². The van der Waals surface area contributed by atoms with Crippen molar-refractivity contribution in [2.45, 2.75) is 44.3 Å². The Hall–Kier alpha value is -2.55. The van der Waals surface area contributed by atoms with Gasteiger partial charge in [0.05, 0.1) is 25.0 Å². The standard InChI is InChI=1S/C23H26ClN7O/c24-18-1-2-20-17(11-18)13-30(19-5-10-32-15-19)14-22-27-28-23(31(20)22)16-3-8-29(9-4-16)21-12-25-6-7-26-21/h1-2,6-7,11-12,16,19H,3-5,8-10,13-15H2/t19-/m0/s1. The van der Waals surface area contributed by atoms with E-state index in [0.29, 0.717) is 12.0 Å². The zero-order chi connectivity index (χ0) is 21.5. The predicted octanol–water partition coefficient (Wildman–Crippen LogP) is 3.20. The molecule has 2 aromatic heterocycles. The van der Waals surface area contributed by atoms with Crippen LogP contribution >= 0.6 is 11.6 Å². The SMILES string of the molecule is Clc1ccc2c(c1)CN([C@H]1CCOC1)Cc1nnc(C3CCN(c4cnccn4)CC3)n1-2. The van der Waals surface area contributed by atoms with Crippen molar-refractivity contribution in [3.63, 3.8) is 0 Å². The molecule has 0 spiro atoms. The van der Waals surface area contributed by atoms with Gasteiger partial charge < -0.3 is 9.64 Å². The number of ether oxygens (including phenoxy) is 1. The molecule has 0 amide bonds. The minimum Gasteiger partial charge on any atom is -0.380 e. The molecule has 1 atom stereocenters. The Morgan fingerprint density at radius 3 is 2.72 bits per heavy atom. The molecule has 3 aromatic rings. The molecule has 5 heterocycles. The molecule has 166 valence electrons. The van der Waals surface area contributed by atoms with Gasteiger partial charge >= 0.3 is 0 Å². The van der Waals surface area contributed by atoms with Gasteiger partial charge in [-0.2, -0.15) is 0 Å². The van der Waals surface area contributed by atoms with Crippen LogP contribution in [-0.2, 0) is 17.8 Å². The van der Waals surface area contributed by atoms with Gasteiger partial charge in [-0.15, -0.1) is 10.2 Å². The number of rotatable bonds is 3. The van der Waals surface area contributed by atoms with E-state index in [4.69, 9.17) is 21.4 Å². The highest BCUT2D eigenvalue weighted by molar-refractivity contribution is 6.30. The number of benzene rings is 1. The van der Waals surface area contributed by atoms with E-state index in [-0.39, 0.29) is 0 Å². The lowest BCUT2D eigenvalue weighted by Crippen LogP contribution is -2.34. The lowest BCUT2D eigenvalue weighted by molar-refractivity contribution is 0.133.